The highest BCUT2D eigenvalue weighted by atomic mass is 28.4. The molecule has 0 saturated heterocycles. The van der Waals surface area contributed by atoms with Crippen molar-refractivity contribution in [2.75, 3.05) is 0 Å². The maximum Gasteiger partial charge on any atom is 0.184 e. The summed E-state index contributed by atoms with van der Waals surface area (Å²) in [7, 11) is -2.90. The summed E-state index contributed by atoms with van der Waals surface area (Å²) in [5.74, 6) is 3.73. The summed E-state index contributed by atoms with van der Waals surface area (Å²) in [5.41, 5.74) is 1.02. The van der Waals surface area contributed by atoms with Crippen molar-refractivity contribution in [3.05, 3.63) is 0 Å². The molecule has 2 nitrogen and oxygen atoms in total. The van der Waals surface area contributed by atoms with Crippen molar-refractivity contribution in [3.63, 3.8) is 0 Å². The molecule has 0 aromatic heterocycles. The van der Waals surface area contributed by atoms with Crippen LogP contribution in [-0.2, 0) is 8.85 Å². The van der Waals surface area contributed by atoms with E-state index in [0.29, 0.717) is 23.0 Å². The topological polar surface area (TPSA) is 18.5 Å². The van der Waals surface area contributed by atoms with Crippen molar-refractivity contribution < 1.29 is 8.85 Å². The summed E-state index contributed by atoms with van der Waals surface area (Å²) in [6, 6.07) is 0. The standard InChI is InChI=1S/C25H48O2Si2/c1-24-15-13-19(26-28(3,4)5)17-18(24)9-10-20-21-11-12-23(27-29(6,7)8)25(21,2)16-14-22(20)24/h18-23H,9-17H2,1-8H3/t18-,19-,20?,21?,22?,23+,24+,25+/m1/s1. The van der Waals surface area contributed by atoms with Crippen LogP contribution < -0.4 is 0 Å². The summed E-state index contributed by atoms with van der Waals surface area (Å²) >= 11 is 0. The highest BCUT2D eigenvalue weighted by Gasteiger charge is 2.60. The lowest BCUT2D eigenvalue weighted by Crippen LogP contribution is -2.55. The van der Waals surface area contributed by atoms with Gasteiger partial charge in [0.05, 0.1) is 6.10 Å². The summed E-state index contributed by atoms with van der Waals surface area (Å²) in [4.78, 5) is 0. The van der Waals surface area contributed by atoms with Gasteiger partial charge in [-0.25, -0.2) is 0 Å². The first-order valence-electron chi connectivity index (χ1n) is 12.7. The highest BCUT2D eigenvalue weighted by Crippen LogP contribution is 2.66. The van der Waals surface area contributed by atoms with E-state index in [9.17, 15) is 0 Å². The molecule has 0 radical (unpaired) electrons. The SMILES string of the molecule is C[C@]12CCC3C(CC[C@@H]4C[C@H](O[Si](C)(C)C)CC[C@]34C)C1CC[C@@H]2O[Si](C)(C)C. The Hall–Kier alpha value is 0.354. The Bertz CT molecular complexity index is 609. The summed E-state index contributed by atoms with van der Waals surface area (Å²) in [5, 5.41) is 0. The zero-order valence-corrected chi connectivity index (χ0v) is 22.6. The normalized spacial score (nSPS) is 48.0. The lowest BCUT2D eigenvalue weighted by molar-refractivity contribution is -0.130. The number of rotatable bonds is 4. The second kappa shape index (κ2) is 7.45. The van der Waals surface area contributed by atoms with Crippen LogP contribution >= 0.6 is 0 Å². The van der Waals surface area contributed by atoms with Gasteiger partial charge in [0.1, 0.15) is 0 Å². The molecule has 0 bridgehead atoms. The largest absolute Gasteiger partial charge is 0.415 e. The molecule has 4 heteroatoms. The fraction of sp³-hybridized carbons (Fsp3) is 1.00. The van der Waals surface area contributed by atoms with Crippen LogP contribution in [0.15, 0.2) is 0 Å². The van der Waals surface area contributed by atoms with Crippen molar-refractivity contribution in [1.29, 1.82) is 0 Å². The first-order valence-corrected chi connectivity index (χ1v) is 19.5. The molecular weight excluding hydrogens is 388 g/mol. The van der Waals surface area contributed by atoms with Gasteiger partial charge >= 0.3 is 0 Å². The lowest BCUT2D eigenvalue weighted by atomic mass is 9.45. The zero-order chi connectivity index (χ0) is 21.2. The molecule has 4 rings (SSSR count). The van der Waals surface area contributed by atoms with E-state index in [1.54, 1.807) is 0 Å². The monoisotopic (exact) mass is 436 g/mol. The Morgan fingerprint density at radius 1 is 0.655 bits per heavy atom. The minimum absolute atomic E-state index is 0.447. The molecule has 0 aromatic rings. The Morgan fingerprint density at radius 3 is 1.93 bits per heavy atom. The molecule has 3 unspecified atom stereocenters. The van der Waals surface area contributed by atoms with Crippen molar-refractivity contribution in [3.8, 4) is 0 Å². The van der Waals surface area contributed by atoms with E-state index in [4.69, 9.17) is 8.85 Å². The Morgan fingerprint density at radius 2 is 1.28 bits per heavy atom. The van der Waals surface area contributed by atoms with E-state index in [2.05, 4.69) is 53.1 Å². The van der Waals surface area contributed by atoms with E-state index in [1.165, 1.54) is 57.8 Å². The van der Waals surface area contributed by atoms with E-state index < -0.39 is 16.6 Å². The molecule has 168 valence electrons. The van der Waals surface area contributed by atoms with Crippen molar-refractivity contribution in [1.82, 2.24) is 0 Å². The van der Waals surface area contributed by atoms with Crippen molar-refractivity contribution in [2.24, 2.45) is 34.5 Å². The quantitative estimate of drug-likeness (QED) is 0.425. The number of hydrogen-bond donors (Lipinski definition) is 0. The third kappa shape index (κ3) is 4.21. The fourth-order valence-electron chi connectivity index (χ4n) is 8.40. The second-order valence-electron chi connectivity index (χ2n) is 13.6. The number of fused-ring (bicyclic) bond motifs is 5. The highest BCUT2D eigenvalue weighted by molar-refractivity contribution is 6.70. The minimum atomic E-state index is -1.47. The third-order valence-corrected chi connectivity index (χ3v) is 11.6. The molecule has 8 atom stereocenters. The predicted octanol–water partition coefficient (Wildman–Crippen LogP) is 7.47. The molecule has 0 aromatic carbocycles. The number of hydrogen-bond acceptors (Lipinski definition) is 2. The third-order valence-electron chi connectivity index (χ3n) is 9.55. The fourth-order valence-corrected chi connectivity index (χ4v) is 10.9. The Kier molecular flexibility index (Phi) is 5.79. The van der Waals surface area contributed by atoms with Gasteiger partial charge in [0.2, 0.25) is 0 Å². The van der Waals surface area contributed by atoms with Crippen LogP contribution in [-0.4, -0.2) is 28.8 Å². The molecule has 0 spiro atoms. The van der Waals surface area contributed by atoms with Crippen LogP contribution in [0.3, 0.4) is 0 Å². The molecule has 4 aliphatic rings. The molecule has 4 aliphatic carbocycles. The van der Waals surface area contributed by atoms with Crippen LogP contribution in [0.1, 0.15) is 71.6 Å². The van der Waals surface area contributed by atoms with E-state index in [1.807, 2.05) is 0 Å². The minimum Gasteiger partial charge on any atom is -0.415 e. The van der Waals surface area contributed by atoms with Gasteiger partial charge in [0.25, 0.3) is 0 Å². The molecule has 4 saturated carbocycles. The van der Waals surface area contributed by atoms with Crippen LogP contribution in [0, 0.1) is 34.5 Å². The average Bonchev–Trinajstić information content (AvgIpc) is 2.89. The van der Waals surface area contributed by atoms with Crippen LogP contribution in [0.25, 0.3) is 0 Å². The van der Waals surface area contributed by atoms with Gasteiger partial charge in [0.15, 0.2) is 16.6 Å². The maximum absolute atomic E-state index is 6.77. The molecule has 0 N–H and O–H groups in total. The smallest absolute Gasteiger partial charge is 0.184 e. The molecule has 0 amide bonds. The van der Waals surface area contributed by atoms with Crippen molar-refractivity contribution in [2.45, 2.75) is 123 Å². The summed E-state index contributed by atoms with van der Waals surface area (Å²) < 4.78 is 13.3. The Balaban J connectivity index is 1.49. The van der Waals surface area contributed by atoms with Crippen molar-refractivity contribution >= 4 is 16.6 Å². The van der Waals surface area contributed by atoms with Crippen LogP contribution in [0.2, 0.25) is 39.3 Å². The first kappa shape index (κ1) is 22.5. The maximum atomic E-state index is 6.77. The van der Waals surface area contributed by atoms with Gasteiger partial charge in [-0.2, -0.15) is 0 Å². The van der Waals surface area contributed by atoms with Crippen LogP contribution in [0.4, 0.5) is 0 Å². The molecule has 0 heterocycles. The average molecular weight is 437 g/mol. The zero-order valence-electron chi connectivity index (χ0n) is 20.6. The second-order valence-corrected chi connectivity index (χ2v) is 22.5. The predicted molar refractivity (Wildman–Crippen MR) is 128 cm³/mol. The van der Waals surface area contributed by atoms with E-state index >= 15 is 0 Å². The van der Waals surface area contributed by atoms with Gasteiger partial charge < -0.3 is 8.85 Å². The summed E-state index contributed by atoms with van der Waals surface area (Å²) in [6.45, 7) is 19.5. The first-order chi connectivity index (χ1) is 13.3. The van der Waals surface area contributed by atoms with E-state index in [0.717, 1.165) is 23.7 Å². The van der Waals surface area contributed by atoms with Crippen LogP contribution in [0.5, 0.6) is 0 Å². The molecule has 29 heavy (non-hydrogen) atoms. The van der Waals surface area contributed by atoms with Gasteiger partial charge in [0, 0.05) is 6.10 Å². The Labute approximate surface area is 183 Å². The lowest BCUT2D eigenvalue weighted by Gasteiger charge is -2.61. The summed E-state index contributed by atoms with van der Waals surface area (Å²) in [6.07, 6.45) is 13.7. The van der Waals surface area contributed by atoms with Gasteiger partial charge in [-0.15, -0.1) is 0 Å². The van der Waals surface area contributed by atoms with Gasteiger partial charge in [-0.3, -0.25) is 0 Å². The molecule has 0 aliphatic heterocycles. The van der Waals surface area contributed by atoms with E-state index in [-0.39, 0.29) is 0 Å². The molecular formula is C25H48O2Si2. The molecule has 4 fully saturated rings. The van der Waals surface area contributed by atoms with Gasteiger partial charge in [-0.05, 0) is 132 Å². The van der Waals surface area contributed by atoms with Gasteiger partial charge in [-0.1, -0.05) is 13.8 Å².